The second kappa shape index (κ2) is 4.66. The SMILES string of the molecule is Cc1ccc2nc(NCc3c(C)noc3C)sc2c1. The number of rotatable bonds is 3. The zero-order chi connectivity index (χ0) is 13.4. The molecule has 1 N–H and O–H groups in total. The van der Waals surface area contributed by atoms with Gasteiger partial charge in [-0.1, -0.05) is 22.6 Å². The van der Waals surface area contributed by atoms with E-state index >= 15 is 0 Å². The summed E-state index contributed by atoms with van der Waals surface area (Å²) >= 11 is 1.67. The molecule has 3 aromatic rings. The van der Waals surface area contributed by atoms with Crippen LogP contribution >= 0.6 is 11.3 Å². The maximum Gasteiger partial charge on any atom is 0.184 e. The summed E-state index contributed by atoms with van der Waals surface area (Å²) in [5.74, 6) is 0.863. The van der Waals surface area contributed by atoms with Crippen LogP contribution in [0.4, 0.5) is 5.13 Å². The first-order valence-corrected chi connectivity index (χ1v) is 6.98. The Labute approximate surface area is 115 Å². The van der Waals surface area contributed by atoms with E-state index < -0.39 is 0 Å². The average molecular weight is 273 g/mol. The quantitative estimate of drug-likeness (QED) is 0.788. The predicted octanol–water partition coefficient (Wildman–Crippen LogP) is 3.82. The summed E-state index contributed by atoms with van der Waals surface area (Å²) in [7, 11) is 0. The molecule has 0 fully saturated rings. The fourth-order valence-electron chi connectivity index (χ4n) is 2.03. The zero-order valence-corrected chi connectivity index (χ0v) is 12.0. The molecule has 1 aromatic carbocycles. The van der Waals surface area contributed by atoms with Crippen molar-refractivity contribution < 1.29 is 4.52 Å². The third-order valence-electron chi connectivity index (χ3n) is 3.14. The van der Waals surface area contributed by atoms with E-state index in [1.165, 1.54) is 10.3 Å². The van der Waals surface area contributed by atoms with Crippen LogP contribution in [0.3, 0.4) is 0 Å². The van der Waals surface area contributed by atoms with E-state index in [1.54, 1.807) is 11.3 Å². The topological polar surface area (TPSA) is 51.0 Å². The Morgan fingerprint density at radius 2 is 2.11 bits per heavy atom. The summed E-state index contributed by atoms with van der Waals surface area (Å²) in [4.78, 5) is 4.57. The fourth-order valence-corrected chi connectivity index (χ4v) is 2.99. The number of hydrogen-bond donors (Lipinski definition) is 1. The largest absolute Gasteiger partial charge is 0.361 e. The molecule has 3 rings (SSSR count). The van der Waals surface area contributed by atoms with Gasteiger partial charge in [-0.2, -0.15) is 0 Å². The molecule has 0 spiro atoms. The maximum absolute atomic E-state index is 5.15. The molecule has 0 aliphatic rings. The van der Waals surface area contributed by atoms with Gasteiger partial charge >= 0.3 is 0 Å². The van der Waals surface area contributed by atoms with Crippen LogP contribution in [-0.4, -0.2) is 10.1 Å². The molecule has 0 bridgehead atoms. The zero-order valence-electron chi connectivity index (χ0n) is 11.2. The molecule has 0 saturated heterocycles. The number of fused-ring (bicyclic) bond motifs is 1. The Balaban J connectivity index is 1.82. The molecule has 0 aliphatic carbocycles. The number of thiazole rings is 1. The molecule has 4 nitrogen and oxygen atoms in total. The molecule has 2 aromatic heterocycles. The summed E-state index contributed by atoms with van der Waals surface area (Å²) in [5.41, 5.74) is 4.34. The van der Waals surface area contributed by atoms with E-state index in [0.29, 0.717) is 6.54 Å². The van der Waals surface area contributed by atoms with E-state index in [2.05, 4.69) is 40.6 Å². The van der Waals surface area contributed by atoms with Gasteiger partial charge in [0.05, 0.1) is 15.9 Å². The van der Waals surface area contributed by atoms with Crippen LogP contribution in [0.2, 0.25) is 0 Å². The lowest BCUT2D eigenvalue weighted by Crippen LogP contribution is -2.00. The van der Waals surface area contributed by atoms with Crippen molar-refractivity contribution in [3.8, 4) is 0 Å². The maximum atomic E-state index is 5.15. The molecule has 98 valence electrons. The smallest absolute Gasteiger partial charge is 0.184 e. The minimum absolute atomic E-state index is 0.694. The lowest BCUT2D eigenvalue weighted by molar-refractivity contribution is 0.392. The molecule has 0 saturated carbocycles. The third-order valence-corrected chi connectivity index (χ3v) is 4.12. The lowest BCUT2D eigenvalue weighted by atomic mass is 10.2. The van der Waals surface area contributed by atoms with Crippen molar-refractivity contribution in [2.75, 3.05) is 5.32 Å². The van der Waals surface area contributed by atoms with E-state index in [9.17, 15) is 0 Å². The monoisotopic (exact) mass is 273 g/mol. The molecule has 0 amide bonds. The van der Waals surface area contributed by atoms with E-state index in [4.69, 9.17) is 4.52 Å². The van der Waals surface area contributed by atoms with Crippen molar-refractivity contribution in [1.29, 1.82) is 0 Å². The average Bonchev–Trinajstić information content (AvgIpc) is 2.91. The Bertz CT molecular complexity index is 710. The minimum Gasteiger partial charge on any atom is -0.361 e. The first-order chi connectivity index (χ1) is 9.13. The molecule has 0 radical (unpaired) electrons. The summed E-state index contributed by atoms with van der Waals surface area (Å²) < 4.78 is 6.36. The number of anilines is 1. The van der Waals surface area contributed by atoms with E-state index in [0.717, 1.165) is 27.7 Å². The number of aryl methyl sites for hydroxylation is 3. The highest BCUT2D eigenvalue weighted by Crippen LogP contribution is 2.27. The molecule has 0 atom stereocenters. The van der Waals surface area contributed by atoms with Crippen molar-refractivity contribution in [1.82, 2.24) is 10.1 Å². The van der Waals surface area contributed by atoms with Gasteiger partial charge in [-0.3, -0.25) is 0 Å². The van der Waals surface area contributed by atoms with Gasteiger partial charge in [-0.05, 0) is 38.5 Å². The Hall–Kier alpha value is -1.88. The summed E-state index contributed by atoms with van der Waals surface area (Å²) in [6.07, 6.45) is 0. The Kier molecular flexibility index (Phi) is 2.98. The second-order valence-electron chi connectivity index (χ2n) is 4.65. The number of nitrogens with zero attached hydrogens (tertiary/aromatic N) is 2. The van der Waals surface area contributed by atoms with Crippen LogP contribution in [0, 0.1) is 20.8 Å². The minimum atomic E-state index is 0.694. The van der Waals surface area contributed by atoms with Gasteiger partial charge in [0.2, 0.25) is 0 Å². The first kappa shape index (κ1) is 12.2. The van der Waals surface area contributed by atoms with Crippen molar-refractivity contribution in [2.24, 2.45) is 0 Å². The fraction of sp³-hybridized carbons (Fsp3) is 0.286. The molecule has 0 aliphatic heterocycles. The van der Waals surface area contributed by atoms with Gasteiger partial charge < -0.3 is 9.84 Å². The molecular weight excluding hydrogens is 258 g/mol. The van der Waals surface area contributed by atoms with E-state index in [1.807, 2.05) is 13.8 Å². The van der Waals surface area contributed by atoms with Crippen LogP contribution in [0.5, 0.6) is 0 Å². The summed E-state index contributed by atoms with van der Waals surface area (Å²) in [6.45, 7) is 6.67. The second-order valence-corrected chi connectivity index (χ2v) is 5.68. The van der Waals surface area contributed by atoms with Crippen LogP contribution in [0.25, 0.3) is 10.2 Å². The standard InChI is InChI=1S/C14H15N3OS/c1-8-4-5-12-13(6-8)19-14(16-12)15-7-11-9(2)17-18-10(11)3/h4-6H,7H2,1-3H3,(H,15,16). The van der Waals surface area contributed by atoms with Crippen LogP contribution < -0.4 is 5.32 Å². The van der Waals surface area contributed by atoms with Crippen LogP contribution in [0.1, 0.15) is 22.6 Å². The van der Waals surface area contributed by atoms with Gasteiger partial charge in [0.1, 0.15) is 5.76 Å². The summed E-state index contributed by atoms with van der Waals surface area (Å²) in [5, 5.41) is 8.23. The van der Waals surface area contributed by atoms with Gasteiger partial charge in [0, 0.05) is 12.1 Å². The number of nitrogens with one attached hydrogen (secondary N) is 1. The Morgan fingerprint density at radius 3 is 2.84 bits per heavy atom. The highest BCUT2D eigenvalue weighted by atomic mass is 32.1. The number of hydrogen-bond acceptors (Lipinski definition) is 5. The molecule has 0 unspecified atom stereocenters. The van der Waals surface area contributed by atoms with Gasteiger partial charge in [0.15, 0.2) is 5.13 Å². The van der Waals surface area contributed by atoms with Gasteiger partial charge in [-0.25, -0.2) is 4.98 Å². The van der Waals surface area contributed by atoms with Crippen LogP contribution in [-0.2, 0) is 6.54 Å². The highest BCUT2D eigenvalue weighted by molar-refractivity contribution is 7.22. The van der Waals surface area contributed by atoms with Gasteiger partial charge in [0.25, 0.3) is 0 Å². The summed E-state index contributed by atoms with van der Waals surface area (Å²) in [6, 6.07) is 6.30. The van der Waals surface area contributed by atoms with Crippen LogP contribution in [0.15, 0.2) is 22.7 Å². The predicted molar refractivity (Wildman–Crippen MR) is 77.7 cm³/mol. The highest BCUT2D eigenvalue weighted by Gasteiger charge is 2.10. The molecule has 5 heteroatoms. The Morgan fingerprint density at radius 1 is 1.26 bits per heavy atom. The van der Waals surface area contributed by atoms with Crippen molar-refractivity contribution in [2.45, 2.75) is 27.3 Å². The molecule has 2 heterocycles. The molecule has 19 heavy (non-hydrogen) atoms. The van der Waals surface area contributed by atoms with Crippen molar-refractivity contribution in [3.63, 3.8) is 0 Å². The normalized spacial score (nSPS) is 11.1. The lowest BCUT2D eigenvalue weighted by Gasteiger charge is -2.00. The number of benzene rings is 1. The van der Waals surface area contributed by atoms with Crippen molar-refractivity contribution >= 4 is 26.7 Å². The third kappa shape index (κ3) is 2.33. The number of aromatic nitrogens is 2. The van der Waals surface area contributed by atoms with Gasteiger partial charge in [-0.15, -0.1) is 0 Å². The van der Waals surface area contributed by atoms with E-state index in [-0.39, 0.29) is 0 Å². The van der Waals surface area contributed by atoms with Crippen molar-refractivity contribution in [3.05, 3.63) is 40.8 Å². The first-order valence-electron chi connectivity index (χ1n) is 6.16. The molecular formula is C14H15N3OS.